The lowest BCUT2D eigenvalue weighted by Gasteiger charge is -2.39. The van der Waals surface area contributed by atoms with Crippen LogP contribution in [0.1, 0.15) is 30.0 Å². The van der Waals surface area contributed by atoms with Crippen molar-refractivity contribution in [3.63, 3.8) is 0 Å². The van der Waals surface area contributed by atoms with Crippen LogP contribution in [0.2, 0.25) is 0 Å². The van der Waals surface area contributed by atoms with Gasteiger partial charge in [-0.05, 0) is 41.0 Å². The van der Waals surface area contributed by atoms with Gasteiger partial charge >= 0.3 is 6.03 Å². The summed E-state index contributed by atoms with van der Waals surface area (Å²) < 4.78 is 23.8. The van der Waals surface area contributed by atoms with Crippen molar-refractivity contribution in [3.05, 3.63) is 95.6 Å². The number of aliphatic hydroxyl groups is 1. The van der Waals surface area contributed by atoms with E-state index in [9.17, 15) is 14.7 Å². The highest BCUT2D eigenvalue weighted by atomic mass is 16.7. The monoisotopic (exact) mass is 532 g/mol. The summed E-state index contributed by atoms with van der Waals surface area (Å²) in [6, 6.07) is 24.2. The lowest BCUT2D eigenvalue weighted by atomic mass is 9.80. The zero-order valence-electron chi connectivity index (χ0n) is 22.1. The van der Waals surface area contributed by atoms with Crippen molar-refractivity contribution in [1.29, 1.82) is 0 Å². The molecule has 4 atom stereocenters. The number of imide groups is 1. The summed E-state index contributed by atoms with van der Waals surface area (Å²) in [6.07, 6.45) is -2.74. The van der Waals surface area contributed by atoms with Gasteiger partial charge in [-0.3, -0.25) is 15.0 Å². The predicted molar refractivity (Wildman–Crippen MR) is 142 cm³/mol. The number of ether oxygens (including phenoxy) is 4. The third-order valence-electron chi connectivity index (χ3n) is 7.27. The van der Waals surface area contributed by atoms with Gasteiger partial charge in [0.25, 0.3) is 0 Å². The molecular weight excluding hydrogens is 500 g/mol. The molecule has 0 radical (unpaired) electrons. The first-order valence-electron chi connectivity index (χ1n) is 12.8. The SMILES string of the molecule is COc1ccc(C(OC2OC(N3CC(C)C(=O)NC3=O)CC2O)(c2ccccc2)c2ccc(OC)cc2)cc1. The van der Waals surface area contributed by atoms with Gasteiger partial charge < -0.3 is 24.1 Å². The Labute approximate surface area is 227 Å². The van der Waals surface area contributed by atoms with Crippen LogP contribution in [0.25, 0.3) is 0 Å². The van der Waals surface area contributed by atoms with E-state index < -0.39 is 36.2 Å². The second-order valence-electron chi connectivity index (χ2n) is 9.73. The maximum absolute atomic E-state index is 12.6. The van der Waals surface area contributed by atoms with Crippen molar-refractivity contribution in [2.45, 2.75) is 37.6 Å². The molecule has 3 aromatic rings. The van der Waals surface area contributed by atoms with E-state index in [1.54, 1.807) is 21.1 Å². The van der Waals surface area contributed by atoms with E-state index in [0.717, 1.165) is 16.7 Å². The highest BCUT2D eigenvalue weighted by molar-refractivity contribution is 5.97. The summed E-state index contributed by atoms with van der Waals surface area (Å²) >= 11 is 0. The van der Waals surface area contributed by atoms with E-state index in [0.29, 0.717) is 11.5 Å². The fourth-order valence-electron chi connectivity index (χ4n) is 5.14. The van der Waals surface area contributed by atoms with Crippen molar-refractivity contribution in [1.82, 2.24) is 10.2 Å². The number of carbonyl (C=O) groups is 2. The van der Waals surface area contributed by atoms with Crippen LogP contribution in [0.5, 0.6) is 11.5 Å². The topological polar surface area (TPSA) is 107 Å². The van der Waals surface area contributed by atoms with E-state index in [4.69, 9.17) is 18.9 Å². The van der Waals surface area contributed by atoms with Crippen LogP contribution >= 0.6 is 0 Å². The molecule has 4 unspecified atom stereocenters. The van der Waals surface area contributed by atoms with Gasteiger partial charge in [0.1, 0.15) is 29.4 Å². The summed E-state index contributed by atoms with van der Waals surface area (Å²) in [4.78, 5) is 26.0. The average Bonchev–Trinajstić information content (AvgIpc) is 3.33. The van der Waals surface area contributed by atoms with Crippen LogP contribution in [-0.4, -0.2) is 61.3 Å². The van der Waals surface area contributed by atoms with Crippen LogP contribution in [0.15, 0.2) is 78.9 Å². The molecule has 0 aliphatic carbocycles. The molecule has 9 heteroatoms. The first-order valence-corrected chi connectivity index (χ1v) is 12.8. The zero-order chi connectivity index (χ0) is 27.6. The molecular formula is C30H32N2O7. The summed E-state index contributed by atoms with van der Waals surface area (Å²) in [5, 5.41) is 13.5. The molecule has 2 N–H and O–H groups in total. The third kappa shape index (κ3) is 5.08. The third-order valence-corrected chi connectivity index (χ3v) is 7.27. The Morgan fingerprint density at radius 3 is 1.95 bits per heavy atom. The molecule has 3 amide bonds. The number of urea groups is 1. The fourth-order valence-corrected chi connectivity index (χ4v) is 5.14. The standard InChI is InChI=1S/C30H32N2O7/c1-19-18-32(29(35)31-27(19)34)26-17-25(33)28(38-26)39-30(20-7-5-4-6-8-20,21-9-13-23(36-2)14-10-21)22-11-15-24(37-3)16-12-22/h4-16,19,25-26,28,33H,17-18H2,1-3H3,(H,31,34,35). The number of hydrogen-bond acceptors (Lipinski definition) is 7. The number of nitrogens with zero attached hydrogens (tertiary/aromatic N) is 1. The Morgan fingerprint density at radius 2 is 1.41 bits per heavy atom. The van der Waals surface area contributed by atoms with Crippen molar-refractivity contribution >= 4 is 11.9 Å². The Balaban J connectivity index is 1.57. The molecule has 39 heavy (non-hydrogen) atoms. The molecule has 2 aliphatic rings. The number of hydrogen-bond donors (Lipinski definition) is 2. The molecule has 9 nitrogen and oxygen atoms in total. The second-order valence-corrected chi connectivity index (χ2v) is 9.73. The molecule has 3 aromatic carbocycles. The molecule has 2 saturated heterocycles. The van der Waals surface area contributed by atoms with Gasteiger partial charge in [-0.1, -0.05) is 61.5 Å². The van der Waals surface area contributed by atoms with Crippen molar-refractivity contribution in [2.75, 3.05) is 20.8 Å². The number of benzene rings is 3. The number of carbonyl (C=O) groups excluding carboxylic acids is 2. The number of rotatable bonds is 8. The number of nitrogens with one attached hydrogen (secondary N) is 1. The molecule has 0 spiro atoms. The molecule has 204 valence electrons. The van der Waals surface area contributed by atoms with E-state index >= 15 is 0 Å². The van der Waals surface area contributed by atoms with Crippen LogP contribution < -0.4 is 14.8 Å². The smallest absolute Gasteiger partial charge is 0.326 e. The zero-order valence-corrected chi connectivity index (χ0v) is 22.1. The maximum atomic E-state index is 12.6. The summed E-state index contributed by atoms with van der Waals surface area (Å²) in [5.41, 5.74) is 1.19. The fraction of sp³-hybridized carbons (Fsp3) is 0.333. The number of amides is 3. The van der Waals surface area contributed by atoms with Crippen molar-refractivity contribution < 1.29 is 33.6 Å². The Hall–Kier alpha value is -3.92. The van der Waals surface area contributed by atoms with Gasteiger partial charge in [0, 0.05) is 13.0 Å². The van der Waals surface area contributed by atoms with Crippen LogP contribution in [0.3, 0.4) is 0 Å². The van der Waals surface area contributed by atoms with Gasteiger partial charge in [0.15, 0.2) is 6.29 Å². The van der Waals surface area contributed by atoms with Gasteiger partial charge in [0.2, 0.25) is 5.91 Å². The molecule has 5 rings (SSSR count). The Bertz CT molecular complexity index is 1250. The number of methoxy groups -OCH3 is 2. The minimum Gasteiger partial charge on any atom is -0.497 e. The highest BCUT2D eigenvalue weighted by Gasteiger charge is 2.48. The van der Waals surface area contributed by atoms with Crippen LogP contribution in [0.4, 0.5) is 4.79 Å². The minimum atomic E-state index is -1.20. The van der Waals surface area contributed by atoms with Crippen molar-refractivity contribution in [2.24, 2.45) is 5.92 Å². The summed E-state index contributed by atoms with van der Waals surface area (Å²) in [5.74, 6) is 0.648. The predicted octanol–water partition coefficient (Wildman–Crippen LogP) is 3.63. The van der Waals surface area contributed by atoms with Gasteiger partial charge in [0.05, 0.1) is 20.1 Å². The van der Waals surface area contributed by atoms with E-state index in [1.165, 1.54) is 4.90 Å². The molecule has 0 saturated carbocycles. The van der Waals surface area contributed by atoms with E-state index in [1.807, 2.05) is 78.9 Å². The van der Waals surface area contributed by atoms with Gasteiger partial charge in [-0.15, -0.1) is 0 Å². The molecule has 0 bridgehead atoms. The quantitative estimate of drug-likeness (QED) is 0.427. The first kappa shape index (κ1) is 26.7. The lowest BCUT2D eigenvalue weighted by molar-refractivity contribution is -0.220. The first-order chi connectivity index (χ1) is 18.8. The molecule has 0 aromatic heterocycles. The van der Waals surface area contributed by atoms with E-state index in [2.05, 4.69) is 5.32 Å². The largest absolute Gasteiger partial charge is 0.497 e. The maximum Gasteiger partial charge on any atom is 0.326 e. The Kier molecular flexibility index (Phi) is 7.56. The minimum absolute atomic E-state index is 0.134. The normalized spacial score (nSPS) is 23.4. The van der Waals surface area contributed by atoms with Crippen molar-refractivity contribution in [3.8, 4) is 11.5 Å². The summed E-state index contributed by atoms with van der Waals surface area (Å²) in [6.45, 7) is 1.93. The molecule has 2 aliphatic heterocycles. The highest BCUT2D eigenvalue weighted by Crippen LogP contribution is 2.44. The Morgan fingerprint density at radius 1 is 0.872 bits per heavy atom. The van der Waals surface area contributed by atoms with Crippen LogP contribution in [-0.2, 0) is 19.9 Å². The van der Waals surface area contributed by atoms with Gasteiger partial charge in [-0.25, -0.2) is 4.79 Å². The number of aliphatic hydroxyl groups excluding tert-OH is 1. The van der Waals surface area contributed by atoms with Crippen LogP contribution in [0, 0.1) is 5.92 Å². The lowest BCUT2D eigenvalue weighted by Crippen LogP contribution is -2.57. The second kappa shape index (κ2) is 11.1. The van der Waals surface area contributed by atoms with E-state index in [-0.39, 0.29) is 18.9 Å². The van der Waals surface area contributed by atoms with Gasteiger partial charge in [-0.2, -0.15) is 0 Å². The molecule has 2 fully saturated rings. The summed E-state index contributed by atoms with van der Waals surface area (Å²) in [7, 11) is 3.21. The molecule has 2 heterocycles. The average molecular weight is 533 g/mol.